The first-order chi connectivity index (χ1) is 7.77. The molecule has 2 N–H and O–H groups in total. The Balaban J connectivity index is 3.29. The number of hydrogen-bond acceptors (Lipinski definition) is 3. The van der Waals surface area contributed by atoms with Crippen LogP contribution in [0, 0.1) is 0 Å². The van der Waals surface area contributed by atoms with Gasteiger partial charge in [-0.2, -0.15) is 0 Å². The summed E-state index contributed by atoms with van der Waals surface area (Å²) in [6, 6.07) is 3.44. The molecule has 0 aliphatic rings. The molecule has 1 unspecified atom stereocenters. The number of phenolic OH excluding ortho intramolecular Hbond substituents is 2. The zero-order valence-electron chi connectivity index (χ0n) is 10.8. The van der Waals surface area contributed by atoms with Gasteiger partial charge in [-0.05, 0) is 23.0 Å². The minimum atomic E-state index is -0.120. The van der Waals surface area contributed by atoms with E-state index in [9.17, 15) is 15.0 Å². The van der Waals surface area contributed by atoms with E-state index in [1.807, 2.05) is 33.8 Å². The van der Waals surface area contributed by atoms with E-state index in [1.54, 1.807) is 6.07 Å². The lowest BCUT2D eigenvalue weighted by Crippen LogP contribution is -2.12. The summed E-state index contributed by atoms with van der Waals surface area (Å²) in [6.45, 7) is 7.96. The molecule has 0 aliphatic heterocycles. The van der Waals surface area contributed by atoms with Crippen LogP contribution >= 0.6 is 0 Å². The number of phenols is 2. The minimum absolute atomic E-state index is 0.0966. The predicted molar refractivity (Wildman–Crippen MR) is 67.6 cm³/mol. The second-order valence-electron chi connectivity index (χ2n) is 5.49. The molecule has 1 atom stereocenters. The van der Waals surface area contributed by atoms with Gasteiger partial charge < -0.3 is 15.0 Å². The molecular weight excluding hydrogens is 216 g/mol. The van der Waals surface area contributed by atoms with Crippen LogP contribution in [-0.2, 0) is 10.2 Å². The first-order valence-electron chi connectivity index (χ1n) is 5.77. The van der Waals surface area contributed by atoms with Crippen LogP contribution in [0.1, 0.15) is 51.2 Å². The third-order valence-electron chi connectivity index (χ3n) is 2.97. The lowest BCUT2D eigenvalue weighted by molar-refractivity contribution is -0.108. The molecule has 0 radical (unpaired) electrons. The Morgan fingerprint density at radius 3 is 2.35 bits per heavy atom. The monoisotopic (exact) mass is 236 g/mol. The molecule has 0 saturated carbocycles. The summed E-state index contributed by atoms with van der Waals surface area (Å²) >= 11 is 0. The Labute approximate surface area is 102 Å². The standard InChI is InChI=1S/C14H20O3/c1-9(5-6-15)11-7-10(14(2,3)4)8-12(16)13(11)17/h6-9,16-17H,5H2,1-4H3. The Morgan fingerprint density at radius 1 is 1.29 bits per heavy atom. The first-order valence-corrected chi connectivity index (χ1v) is 5.77. The summed E-state index contributed by atoms with van der Waals surface area (Å²) in [5.74, 6) is -0.335. The number of benzene rings is 1. The topological polar surface area (TPSA) is 57.5 Å². The number of aldehydes is 1. The second kappa shape index (κ2) is 4.78. The molecule has 1 rings (SSSR count). The summed E-state index contributed by atoms with van der Waals surface area (Å²) < 4.78 is 0. The highest BCUT2D eigenvalue weighted by atomic mass is 16.3. The van der Waals surface area contributed by atoms with E-state index in [-0.39, 0.29) is 22.8 Å². The van der Waals surface area contributed by atoms with Gasteiger partial charge in [0.2, 0.25) is 0 Å². The Bertz CT molecular complexity index is 416. The van der Waals surface area contributed by atoms with Crippen molar-refractivity contribution in [3.8, 4) is 11.5 Å². The van der Waals surface area contributed by atoms with Crippen LogP contribution in [0.4, 0.5) is 0 Å². The van der Waals surface area contributed by atoms with Gasteiger partial charge in [0.15, 0.2) is 11.5 Å². The summed E-state index contributed by atoms with van der Waals surface area (Å²) in [4.78, 5) is 10.5. The first kappa shape index (κ1) is 13.6. The van der Waals surface area contributed by atoms with E-state index in [0.29, 0.717) is 12.0 Å². The summed E-state index contributed by atoms with van der Waals surface area (Å²) in [6.07, 6.45) is 1.16. The van der Waals surface area contributed by atoms with Crippen LogP contribution in [0.5, 0.6) is 11.5 Å². The molecule has 1 aromatic carbocycles. The van der Waals surface area contributed by atoms with Gasteiger partial charge in [-0.25, -0.2) is 0 Å². The highest BCUT2D eigenvalue weighted by Crippen LogP contribution is 2.39. The summed E-state index contributed by atoms with van der Waals surface area (Å²) in [7, 11) is 0. The van der Waals surface area contributed by atoms with Gasteiger partial charge in [0.25, 0.3) is 0 Å². The van der Waals surface area contributed by atoms with Crippen LogP contribution in [-0.4, -0.2) is 16.5 Å². The number of hydrogen-bond donors (Lipinski definition) is 2. The van der Waals surface area contributed by atoms with Gasteiger partial charge in [-0.1, -0.05) is 33.8 Å². The molecule has 17 heavy (non-hydrogen) atoms. The molecule has 0 bridgehead atoms. The fourth-order valence-corrected chi connectivity index (χ4v) is 1.72. The van der Waals surface area contributed by atoms with Crippen molar-refractivity contribution >= 4 is 6.29 Å². The zero-order valence-corrected chi connectivity index (χ0v) is 10.8. The molecule has 0 aliphatic carbocycles. The van der Waals surface area contributed by atoms with Gasteiger partial charge in [-0.15, -0.1) is 0 Å². The Hall–Kier alpha value is -1.51. The van der Waals surface area contributed by atoms with Gasteiger partial charge in [0.05, 0.1) is 0 Å². The summed E-state index contributed by atoms with van der Waals surface area (Å²) in [5.41, 5.74) is 1.46. The number of carbonyl (C=O) groups is 1. The van der Waals surface area contributed by atoms with E-state index in [4.69, 9.17) is 0 Å². The SMILES string of the molecule is CC(CC=O)c1cc(C(C)(C)C)cc(O)c1O. The Kier molecular flexibility index (Phi) is 3.81. The molecule has 3 heteroatoms. The van der Waals surface area contributed by atoms with Crippen LogP contribution < -0.4 is 0 Å². The quantitative estimate of drug-likeness (QED) is 0.626. The maximum atomic E-state index is 10.5. The maximum absolute atomic E-state index is 10.5. The normalized spacial score (nSPS) is 13.4. The van der Waals surface area contributed by atoms with Gasteiger partial charge >= 0.3 is 0 Å². The van der Waals surface area contributed by atoms with Gasteiger partial charge in [-0.3, -0.25) is 0 Å². The van der Waals surface area contributed by atoms with Gasteiger partial charge in [0.1, 0.15) is 6.29 Å². The van der Waals surface area contributed by atoms with Crippen LogP contribution in [0.3, 0.4) is 0 Å². The third kappa shape index (κ3) is 2.99. The van der Waals surface area contributed by atoms with Crippen molar-refractivity contribution in [2.75, 3.05) is 0 Å². The van der Waals surface area contributed by atoms with Gasteiger partial charge in [0, 0.05) is 12.0 Å². The Morgan fingerprint density at radius 2 is 1.88 bits per heavy atom. The lowest BCUT2D eigenvalue weighted by Gasteiger charge is -2.22. The van der Waals surface area contributed by atoms with E-state index in [0.717, 1.165) is 11.8 Å². The maximum Gasteiger partial charge on any atom is 0.160 e. The van der Waals surface area contributed by atoms with E-state index in [2.05, 4.69) is 0 Å². The highest BCUT2D eigenvalue weighted by Gasteiger charge is 2.20. The third-order valence-corrected chi connectivity index (χ3v) is 2.97. The smallest absolute Gasteiger partial charge is 0.160 e. The van der Waals surface area contributed by atoms with Crippen molar-refractivity contribution in [1.82, 2.24) is 0 Å². The van der Waals surface area contributed by atoms with E-state index < -0.39 is 0 Å². The second-order valence-corrected chi connectivity index (χ2v) is 5.49. The molecule has 0 spiro atoms. The predicted octanol–water partition coefficient (Wildman–Crippen LogP) is 3.09. The van der Waals surface area contributed by atoms with E-state index >= 15 is 0 Å². The molecule has 94 valence electrons. The molecule has 3 nitrogen and oxygen atoms in total. The lowest BCUT2D eigenvalue weighted by atomic mass is 9.83. The largest absolute Gasteiger partial charge is 0.504 e. The number of carbonyl (C=O) groups excluding carboxylic acids is 1. The van der Waals surface area contributed by atoms with E-state index in [1.165, 1.54) is 0 Å². The molecular formula is C14H20O3. The van der Waals surface area contributed by atoms with Crippen LogP contribution in [0.25, 0.3) is 0 Å². The molecule has 0 fully saturated rings. The van der Waals surface area contributed by atoms with Crippen molar-refractivity contribution in [3.05, 3.63) is 23.3 Å². The molecule has 0 saturated heterocycles. The molecule has 0 heterocycles. The average Bonchev–Trinajstić information content (AvgIpc) is 2.20. The van der Waals surface area contributed by atoms with Crippen molar-refractivity contribution < 1.29 is 15.0 Å². The molecule has 1 aromatic rings. The molecule has 0 amide bonds. The van der Waals surface area contributed by atoms with Crippen molar-refractivity contribution in [3.63, 3.8) is 0 Å². The van der Waals surface area contributed by atoms with Crippen molar-refractivity contribution in [2.24, 2.45) is 0 Å². The van der Waals surface area contributed by atoms with Crippen molar-refractivity contribution in [2.45, 2.75) is 45.4 Å². The summed E-state index contributed by atoms with van der Waals surface area (Å²) in [5, 5.41) is 19.5. The zero-order chi connectivity index (χ0) is 13.2. The minimum Gasteiger partial charge on any atom is -0.504 e. The fourth-order valence-electron chi connectivity index (χ4n) is 1.72. The number of rotatable bonds is 3. The van der Waals surface area contributed by atoms with Crippen molar-refractivity contribution in [1.29, 1.82) is 0 Å². The fraction of sp³-hybridized carbons (Fsp3) is 0.500. The molecule has 0 aromatic heterocycles. The van der Waals surface area contributed by atoms with Crippen LogP contribution in [0.2, 0.25) is 0 Å². The number of aromatic hydroxyl groups is 2. The highest BCUT2D eigenvalue weighted by molar-refractivity contribution is 5.55. The average molecular weight is 236 g/mol. The van der Waals surface area contributed by atoms with Crippen LogP contribution in [0.15, 0.2) is 12.1 Å².